The predicted molar refractivity (Wildman–Crippen MR) is 117 cm³/mol. The summed E-state index contributed by atoms with van der Waals surface area (Å²) < 4.78 is 2.10. The number of benzene rings is 1. The first kappa shape index (κ1) is 19.0. The van der Waals surface area contributed by atoms with E-state index in [1.165, 1.54) is 70.0 Å². The number of hydrogen-bond acceptors (Lipinski definition) is 4. The molecule has 5 nitrogen and oxygen atoms in total. The molecule has 0 radical (unpaired) electrons. The van der Waals surface area contributed by atoms with Gasteiger partial charge in [-0.25, -0.2) is 0 Å². The van der Waals surface area contributed by atoms with Crippen LogP contribution in [0.5, 0.6) is 0 Å². The Morgan fingerprint density at radius 3 is 2.10 bits per heavy atom. The highest BCUT2D eigenvalue weighted by Crippen LogP contribution is 2.64. The first-order valence-corrected chi connectivity index (χ1v) is 12.3. The van der Waals surface area contributed by atoms with Crippen LogP contribution in [0.1, 0.15) is 82.5 Å². The van der Waals surface area contributed by atoms with Gasteiger partial charge in [-0.2, -0.15) is 4.68 Å². The summed E-state index contributed by atoms with van der Waals surface area (Å²) in [6.45, 7) is 6.91. The number of rotatable bonds is 4. The lowest BCUT2D eigenvalue weighted by Gasteiger charge is -2.64. The van der Waals surface area contributed by atoms with Crippen molar-refractivity contribution in [2.45, 2.75) is 76.7 Å². The van der Waals surface area contributed by atoms with Gasteiger partial charge in [-0.3, -0.25) is 4.90 Å². The van der Waals surface area contributed by atoms with E-state index in [2.05, 4.69) is 58.1 Å². The third kappa shape index (κ3) is 2.73. The minimum absolute atomic E-state index is 0.0358. The topological polar surface area (TPSA) is 46.8 Å². The molecule has 0 spiro atoms. The Morgan fingerprint density at radius 1 is 0.867 bits per heavy atom. The van der Waals surface area contributed by atoms with Gasteiger partial charge in [0.1, 0.15) is 0 Å². The number of piperidine rings is 1. The van der Waals surface area contributed by atoms with Gasteiger partial charge in [-0.15, -0.1) is 5.10 Å². The van der Waals surface area contributed by atoms with Crippen LogP contribution in [0.15, 0.2) is 24.3 Å². The zero-order valence-electron chi connectivity index (χ0n) is 18.5. The summed E-state index contributed by atoms with van der Waals surface area (Å²) >= 11 is 0. The fourth-order valence-corrected chi connectivity index (χ4v) is 7.80. The van der Waals surface area contributed by atoms with Crippen LogP contribution >= 0.6 is 0 Å². The van der Waals surface area contributed by atoms with Crippen LogP contribution < -0.4 is 0 Å². The monoisotopic (exact) mass is 405 g/mol. The van der Waals surface area contributed by atoms with Gasteiger partial charge in [0, 0.05) is 0 Å². The summed E-state index contributed by atoms with van der Waals surface area (Å²) in [4.78, 5) is 2.84. The lowest BCUT2D eigenvalue weighted by Crippen LogP contribution is -2.65. The van der Waals surface area contributed by atoms with Gasteiger partial charge in [0.15, 0.2) is 5.82 Å². The van der Waals surface area contributed by atoms with Crippen molar-refractivity contribution < 1.29 is 0 Å². The molecular weight excluding hydrogens is 370 g/mol. The maximum absolute atomic E-state index is 4.80. The zero-order chi connectivity index (χ0) is 20.3. The van der Waals surface area contributed by atoms with Crippen molar-refractivity contribution >= 4 is 0 Å². The van der Waals surface area contributed by atoms with E-state index in [9.17, 15) is 0 Å². The van der Waals surface area contributed by atoms with Gasteiger partial charge in [-0.05, 0) is 116 Å². The summed E-state index contributed by atoms with van der Waals surface area (Å²) in [5.74, 6) is 4.99. The molecule has 1 aromatic heterocycles. The Hall–Kier alpha value is -1.75. The highest BCUT2D eigenvalue weighted by molar-refractivity contribution is 5.37. The van der Waals surface area contributed by atoms with E-state index in [0.717, 1.165) is 23.3 Å². The lowest BCUT2D eigenvalue weighted by atomic mass is 9.47. The molecule has 5 aliphatic rings. The van der Waals surface area contributed by atoms with Crippen molar-refractivity contribution in [3.63, 3.8) is 0 Å². The van der Waals surface area contributed by atoms with Crippen LogP contribution in [0, 0.1) is 23.7 Å². The van der Waals surface area contributed by atoms with E-state index in [4.69, 9.17) is 5.10 Å². The van der Waals surface area contributed by atoms with Gasteiger partial charge < -0.3 is 0 Å². The number of aromatic nitrogens is 4. The second kappa shape index (κ2) is 7.15. The van der Waals surface area contributed by atoms with E-state index in [-0.39, 0.29) is 5.54 Å². The summed E-state index contributed by atoms with van der Waals surface area (Å²) in [6.07, 6.45) is 11.0. The standard InChI is InChI=1S/C25H35N5/c1-17(2)20-6-8-23(9-7-20)30-24(26-27-28-30)25(29-10-4-3-5-11-29)21-13-18-12-19(15-21)16-22(25)14-18/h6-9,17-19,21-22H,3-5,10-16H2,1-2H3. The van der Waals surface area contributed by atoms with Crippen LogP contribution in [-0.2, 0) is 5.54 Å². The summed E-state index contributed by atoms with van der Waals surface area (Å²) in [7, 11) is 0. The molecule has 0 N–H and O–H groups in total. The molecule has 0 unspecified atom stereocenters. The van der Waals surface area contributed by atoms with E-state index in [1.807, 2.05) is 0 Å². The number of nitrogens with zero attached hydrogens (tertiary/aromatic N) is 5. The molecule has 2 heterocycles. The van der Waals surface area contributed by atoms with E-state index >= 15 is 0 Å². The zero-order valence-corrected chi connectivity index (χ0v) is 18.5. The average Bonchev–Trinajstić information content (AvgIpc) is 3.24. The molecule has 1 saturated heterocycles. The van der Waals surface area contributed by atoms with Crippen LogP contribution in [0.2, 0.25) is 0 Å². The van der Waals surface area contributed by atoms with Crippen molar-refractivity contribution in [1.82, 2.24) is 25.1 Å². The minimum Gasteiger partial charge on any atom is -0.290 e. The van der Waals surface area contributed by atoms with E-state index < -0.39 is 0 Å². The number of hydrogen-bond donors (Lipinski definition) is 0. The molecule has 4 saturated carbocycles. The molecule has 160 valence electrons. The lowest BCUT2D eigenvalue weighted by molar-refractivity contribution is -0.152. The van der Waals surface area contributed by atoms with Crippen LogP contribution in [0.25, 0.3) is 5.69 Å². The van der Waals surface area contributed by atoms with Crippen molar-refractivity contribution in [1.29, 1.82) is 0 Å². The summed E-state index contributed by atoms with van der Waals surface area (Å²) in [6, 6.07) is 8.93. The molecule has 1 aromatic carbocycles. The van der Waals surface area contributed by atoms with Crippen molar-refractivity contribution in [3.05, 3.63) is 35.7 Å². The normalized spacial score (nSPS) is 36.0. The van der Waals surface area contributed by atoms with Gasteiger partial charge in [0.2, 0.25) is 0 Å². The van der Waals surface area contributed by atoms with E-state index in [1.54, 1.807) is 0 Å². The number of likely N-dealkylation sites (tertiary alicyclic amines) is 1. The first-order chi connectivity index (χ1) is 14.7. The third-order valence-corrected chi connectivity index (χ3v) is 8.89. The molecular formula is C25H35N5. The fourth-order valence-electron chi connectivity index (χ4n) is 7.80. The van der Waals surface area contributed by atoms with Gasteiger partial charge >= 0.3 is 0 Å². The van der Waals surface area contributed by atoms with Crippen molar-refractivity contribution in [2.24, 2.45) is 23.7 Å². The molecule has 5 heteroatoms. The average molecular weight is 406 g/mol. The van der Waals surface area contributed by atoms with Crippen LogP contribution in [0.3, 0.4) is 0 Å². The fraction of sp³-hybridized carbons (Fsp3) is 0.720. The molecule has 1 aliphatic heterocycles. The molecule has 0 amide bonds. The SMILES string of the molecule is CC(C)c1ccc(-n2nnnc2C2(N3CCCCC3)C3CC4CC(C3)CC2C4)cc1. The van der Waals surface area contributed by atoms with Crippen molar-refractivity contribution in [2.75, 3.05) is 13.1 Å². The minimum atomic E-state index is 0.0358. The molecule has 5 fully saturated rings. The van der Waals surface area contributed by atoms with Crippen LogP contribution in [0.4, 0.5) is 0 Å². The third-order valence-electron chi connectivity index (χ3n) is 8.89. The van der Waals surface area contributed by atoms with E-state index in [0.29, 0.717) is 17.8 Å². The maximum Gasteiger partial charge on any atom is 0.177 e. The Balaban J connectivity index is 1.47. The Labute approximate surface area is 180 Å². The van der Waals surface area contributed by atoms with Crippen molar-refractivity contribution in [3.8, 4) is 5.69 Å². The summed E-state index contributed by atoms with van der Waals surface area (Å²) in [5, 5.41) is 13.6. The van der Waals surface area contributed by atoms with Gasteiger partial charge in [-0.1, -0.05) is 32.4 Å². The highest BCUT2D eigenvalue weighted by Gasteiger charge is 2.62. The Morgan fingerprint density at radius 2 is 1.50 bits per heavy atom. The molecule has 7 rings (SSSR count). The second-order valence-electron chi connectivity index (χ2n) is 10.8. The predicted octanol–water partition coefficient (Wildman–Crippen LogP) is 4.92. The Kier molecular flexibility index (Phi) is 4.52. The molecule has 4 aliphatic carbocycles. The second-order valence-corrected chi connectivity index (χ2v) is 10.8. The van der Waals surface area contributed by atoms with Gasteiger partial charge in [0.25, 0.3) is 0 Å². The molecule has 2 aromatic rings. The Bertz CT molecular complexity index is 859. The largest absolute Gasteiger partial charge is 0.290 e. The van der Waals surface area contributed by atoms with Gasteiger partial charge in [0.05, 0.1) is 11.2 Å². The molecule has 4 bridgehead atoms. The maximum atomic E-state index is 4.80. The highest BCUT2D eigenvalue weighted by atomic mass is 15.6. The first-order valence-electron chi connectivity index (χ1n) is 12.3. The molecule has 0 atom stereocenters. The smallest absolute Gasteiger partial charge is 0.177 e. The summed E-state index contributed by atoms with van der Waals surface area (Å²) in [5.41, 5.74) is 2.52. The molecule has 30 heavy (non-hydrogen) atoms. The number of tetrazole rings is 1. The van der Waals surface area contributed by atoms with Crippen LogP contribution in [-0.4, -0.2) is 38.2 Å². The quantitative estimate of drug-likeness (QED) is 0.724.